The molecular weight excluding hydrogens is 320 g/mol. The van der Waals surface area contributed by atoms with E-state index >= 15 is 0 Å². The van der Waals surface area contributed by atoms with Crippen molar-refractivity contribution in [1.29, 1.82) is 0 Å². The maximum absolute atomic E-state index is 11.2. The molecule has 0 saturated carbocycles. The first-order valence-electron chi connectivity index (χ1n) is 7.78. The highest BCUT2D eigenvalue weighted by molar-refractivity contribution is 5.59. The lowest BCUT2D eigenvalue weighted by molar-refractivity contribution is -0.384. The van der Waals surface area contributed by atoms with Gasteiger partial charge < -0.3 is 10.1 Å². The molecule has 0 aliphatic carbocycles. The summed E-state index contributed by atoms with van der Waals surface area (Å²) in [5.41, 5.74) is 1.33. The van der Waals surface area contributed by atoms with Gasteiger partial charge >= 0.3 is 5.69 Å². The molecule has 128 valence electrons. The number of aryl methyl sites for hydroxylation is 2. The first-order chi connectivity index (χ1) is 12.0. The molecule has 0 unspecified atom stereocenters. The lowest BCUT2D eigenvalue weighted by Crippen LogP contribution is -2.06. The van der Waals surface area contributed by atoms with Gasteiger partial charge in [0.1, 0.15) is 17.2 Å². The number of rotatable bonds is 6. The summed E-state index contributed by atoms with van der Waals surface area (Å²) in [5, 5.41) is 18.4. The lowest BCUT2D eigenvalue weighted by Gasteiger charge is -2.09. The van der Waals surface area contributed by atoms with E-state index in [1.54, 1.807) is 14.0 Å². The quantitative estimate of drug-likeness (QED) is 0.542. The van der Waals surface area contributed by atoms with Crippen LogP contribution in [0.25, 0.3) is 0 Å². The van der Waals surface area contributed by atoms with E-state index in [1.807, 2.05) is 54.6 Å². The van der Waals surface area contributed by atoms with Crippen molar-refractivity contribution in [3.8, 4) is 11.5 Å². The monoisotopic (exact) mass is 338 g/mol. The minimum Gasteiger partial charge on any atom is -0.457 e. The number of hydrogen-bond donors (Lipinski definition) is 1. The van der Waals surface area contributed by atoms with Crippen LogP contribution in [0, 0.1) is 17.0 Å². The number of nitrogens with zero attached hydrogens (tertiary/aromatic N) is 3. The summed E-state index contributed by atoms with van der Waals surface area (Å²) in [6, 6.07) is 17.1. The van der Waals surface area contributed by atoms with Crippen LogP contribution in [0.4, 0.5) is 11.5 Å². The van der Waals surface area contributed by atoms with Crippen LogP contribution < -0.4 is 10.1 Å². The standard InChI is InChI=1S/C18H18N4O3/c1-13-17(22(23)24)18(21(2)20-13)19-12-14-7-6-10-16(11-14)25-15-8-4-3-5-9-15/h3-11,19H,12H2,1-2H3. The van der Waals surface area contributed by atoms with Crippen molar-refractivity contribution >= 4 is 11.5 Å². The molecule has 3 rings (SSSR count). The van der Waals surface area contributed by atoms with Crippen molar-refractivity contribution in [3.63, 3.8) is 0 Å². The molecule has 1 aromatic heterocycles. The van der Waals surface area contributed by atoms with Gasteiger partial charge in [-0.15, -0.1) is 0 Å². The summed E-state index contributed by atoms with van der Waals surface area (Å²) in [6.45, 7) is 2.05. The summed E-state index contributed by atoms with van der Waals surface area (Å²) < 4.78 is 7.29. The van der Waals surface area contributed by atoms with Crippen LogP contribution in [0.15, 0.2) is 54.6 Å². The number of benzene rings is 2. The molecule has 0 spiro atoms. The van der Waals surface area contributed by atoms with Gasteiger partial charge in [0, 0.05) is 13.6 Å². The summed E-state index contributed by atoms with van der Waals surface area (Å²) in [5.74, 6) is 1.85. The van der Waals surface area contributed by atoms with Crippen LogP contribution in [-0.2, 0) is 13.6 Å². The van der Waals surface area contributed by atoms with E-state index in [1.165, 1.54) is 4.68 Å². The molecule has 0 aliphatic rings. The third-order valence-electron chi connectivity index (χ3n) is 3.71. The molecule has 1 heterocycles. The molecule has 2 aromatic carbocycles. The second-order valence-electron chi connectivity index (χ2n) is 5.58. The van der Waals surface area contributed by atoms with Crippen molar-refractivity contribution < 1.29 is 9.66 Å². The minimum atomic E-state index is -0.417. The number of nitrogens with one attached hydrogen (secondary N) is 1. The Bertz CT molecular complexity index is 891. The van der Waals surface area contributed by atoms with Crippen LogP contribution in [0.2, 0.25) is 0 Å². The average molecular weight is 338 g/mol. The average Bonchev–Trinajstić information content (AvgIpc) is 2.88. The highest BCUT2D eigenvalue weighted by Crippen LogP contribution is 2.28. The molecule has 0 fully saturated rings. The van der Waals surface area contributed by atoms with E-state index in [9.17, 15) is 10.1 Å². The Kier molecular flexibility index (Phi) is 4.65. The summed E-state index contributed by atoms with van der Waals surface area (Å²) in [7, 11) is 1.68. The second-order valence-corrected chi connectivity index (χ2v) is 5.58. The van der Waals surface area contributed by atoms with Crippen molar-refractivity contribution in [3.05, 3.63) is 76.0 Å². The van der Waals surface area contributed by atoms with Gasteiger partial charge in [-0.05, 0) is 36.8 Å². The number of hydrogen-bond acceptors (Lipinski definition) is 5. The van der Waals surface area contributed by atoms with Gasteiger partial charge in [0.05, 0.1) is 4.92 Å². The van der Waals surface area contributed by atoms with E-state index in [0.29, 0.717) is 23.8 Å². The molecule has 7 nitrogen and oxygen atoms in total. The fourth-order valence-electron chi connectivity index (χ4n) is 2.59. The Balaban J connectivity index is 1.74. The van der Waals surface area contributed by atoms with Crippen LogP contribution >= 0.6 is 0 Å². The second kappa shape index (κ2) is 7.04. The van der Waals surface area contributed by atoms with Crippen molar-refractivity contribution in [1.82, 2.24) is 9.78 Å². The molecule has 0 radical (unpaired) electrons. The number of anilines is 1. The fourth-order valence-corrected chi connectivity index (χ4v) is 2.59. The molecule has 0 amide bonds. The van der Waals surface area contributed by atoms with Crippen molar-refractivity contribution in [2.45, 2.75) is 13.5 Å². The Morgan fingerprint density at radius 3 is 2.60 bits per heavy atom. The zero-order valence-corrected chi connectivity index (χ0v) is 14.0. The largest absolute Gasteiger partial charge is 0.457 e. The molecule has 1 N–H and O–H groups in total. The Morgan fingerprint density at radius 1 is 1.16 bits per heavy atom. The molecule has 7 heteroatoms. The van der Waals surface area contributed by atoms with Gasteiger partial charge in [0.15, 0.2) is 0 Å². The number of para-hydroxylation sites is 1. The van der Waals surface area contributed by atoms with Gasteiger partial charge in [-0.1, -0.05) is 30.3 Å². The molecule has 25 heavy (non-hydrogen) atoms. The van der Waals surface area contributed by atoms with Gasteiger partial charge in [-0.3, -0.25) is 10.1 Å². The smallest absolute Gasteiger partial charge is 0.333 e. The molecule has 0 atom stereocenters. The first-order valence-corrected chi connectivity index (χ1v) is 7.78. The van der Waals surface area contributed by atoms with Crippen LogP contribution in [0.1, 0.15) is 11.3 Å². The number of aromatic nitrogens is 2. The van der Waals surface area contributed by atoms with Crippen LogP contribution in [-0.4, -0.2) is 14.7 Å². The van der Waals surface area contributed by atoms with Gasteiger partial charge in [-0.2, -0.15) is 5.10 Å². The topological polar surface area (TPSA) is 82.2 Å². The first kappa shape index (κ1) is 16.5. The Hall–Kier alpha value is -3.35. The molecule has 3 aromatic rings. The minimum absolute atomic E-state index is 0.000750. The normalized spacial score (nSPS) is 10.5. The number of nitro groups is 1. The predicted octanol–water partition coefficient (Wildman–Crippen LogP) is 4.04. The van der Waals surface area contributed by atoms with Crippen molar-refractivity contribution in [2.24, 2.45) is 7.05 Å². The summed E-state index contributed by atoms with van der Waals surface area (Å²) in [6.07, 6.45) is 0. The molecule has 0 aliphatic heterocycles. The SMILES string of the molecule is Cc1nn(C)c(NCc2cccc(Oc3ccccc3)c2)c1[N+](=O)[O-]. The van der Waals surface area contributed by atoms with E-state index in [4.69, 9.17) is 4.74 Å². The van der Waals surface area contributed by atoms with Gasteiger partial charge in [0.25, 0.3) is 0 Å². The predicted molar refractivity (Wildman–Crippen MR) is 94.9 cm³/mol. The van der Waals surface area contributed by atoms with Crippen LogP contribution in [0.5, 0.6) is 11.5 Å². The zero-order chi connectivity index (χ0) is 17.8. The van der Waals surface area contributed by atoms with E-state index in [0.717, 1.165) is 11.3 Å². The maximum Gasteiger partial charge on any atom is 0.333 e. The summed E-state index contributed by atoms with van der Waals surface area (Å²) in [4.78, 5) is 10.8. The molecular formula is C18H18N4O3. The fraction of sp³-hybridized carbons (Fsp3) is 0.167. The zero-order valence-electron chi connectivity index (χ0n) is 14.0. The lowest BCUT2D eigenvalue weighted by atomic mass is 10.2. The molecule has 0 saturated heterocycles. The summed E-state index contributed by atoms with van der Waals surface area (Å²) >= 11 is 0. The third kappa shape index (κ3) is 3.77. The van der Waals surface area contributed by atoms with Gasteiger partial charge in [-0.25, -0.2) is 4.68 Å². The van der Waals surface area contributed by atoms with Gasteiger partial charge in [0.2, 0.25) is 5.82 Å². The highest BCUT2D eigenvalue weighted by Gasteiger charge is 2.23. The van der Waals surface area contributed by atoms with E-state index in [2.05, 4.69) is 10.4 Å². The number of ether oxygens (including phenoxy) is 1. The highest BCUT2D eigenvalue weighted by atomic mass is 16.6. The van der Waals surface area contributed by atoms with Crippen molar-refractivity contribution in [2.75, 3.05) is 5.32 Å². The Morgan fingerprint density at radius 2 is 1.88 bits per heavy atom. The van der Waals surface area contributed by atoms with E-state index in [-0.39, 0.29) is 5.69 Å². The third-order valence-corrected chi connectivity index (χ3v) is 3.71. The molecule has 0 bridgehead atoms. The van der Waals surface area contributed by atoms with Crippen LogP contribution in [0.3, 0.4) is 0 Å². The maximum atomic E-state index is 11.2. The Labute approximate surface area is 145 Å². The van der Waals surface area contributed by atoms with E-state index < -0.39 is 4.92 Å².